The number of thiazole rings is 1. The van der Waals surface area contributed by atoms with Gasteiger partial charge in [-0.25, -0.2) is 8.42 Å². The van der Waals surface area contributed by atoms with Gasteiger partial charge in [0.2, 0.25) is 10.0 Å². The standard InChI is InChI=1S/C22H21Cl2N3O5S2/c1-2-32-19(28)13-27-20-17(24)11-15(23)12-18(20)33-22(27)25-21(29)14-5-7-16(8-6-14)34(30,31)26-9-3-4-10-26/h5-8,11-12H,2-4,9-10,13H2,1H3. The van der Waals surface area contributed by atoms with Gasteiger partial charge < -0.3 is 9.30 Å². The van der Waals surface area contributed by atoms with E-state index in [1.54, 1.807) is 19.1 Å². The quantitative estimate of drug-likeness (QED) is 0.437. The number of fused-ring (bicyclic) bond motifs is 1. The average Bonchev–Trinajstić information content (AvgIpc) is 3.43. The number of hydrogen-bond donors (Lipinski definition) is 0. The van der Waals surface area contributed by atoms with Crippen molar-refractivity contribution in [3.05, 3.63) is 56.8 Å². The summed E-state index contributed by atoms with van der Waals surface area (Å²) in [7, 11) is -3.58. The van der Waals surface area contributed by atoms with Crippen LogP contribution in [0.1, 0.15) is 30.1 Å². The van der Waals surface area contributed by atoms with Crippen molar-refractivity contribution in [1.82, 2.24) is 8.87 Å². The predicted octanol–water partition coefficient (Wildman–Crippen LogP) is 4.10. The number of aromatic nitrogens is 1. The molecule has 0 saturated carbocycles. The van der Waals surface area contributed by atoms with Crippen LogP contribution in [0.3, 0.4) is 0 Å². The smallest absolute Gasteiger partial charge is 0.326 e. The lowest BCUT2D eigenvalue weighted by atomic mass is 10.2. The van der Waals surface area contributed by atoms with Gasteiger partial charge in [0.15, 0.2) is 4.80 Å². The Morgan fingerprint density at radius 1 is 1.12 bits per heavy atom. The lowest BCUT2D eigenvalue weighted by Gasteiger charge is -2.15. The molecule has 1 fully saturated rings. The first-order valence-corrected chi connectivity index (χ1v) is 13.5. The summed E-state index contributed by atoms with van der Waals surface area (Å²) in [6.07, 6.45) is 1.68. The van der Waals surface area contributed by atoms with Crippen molar-refractivity contribution >= 4 is 66.7 Å². The van der Waals surface area contributed by atoms with E-state index in [1.807, 2.05) is 0 Å². The SMILES string of the molecule is CCOC(=O)Cn1c(=NC(=O)c2ccc(S(=O)(=O)N3CCCC3)cc2)sc2cc(Cl)cc(Cl)c21. The molecule has 12 heteroatoms. The summed E-state index contributed by atoms with van der Waals surface area (Å²) >= 11 is 13.6. The molecule has 1 aliphatic rings. The minimum atomic E-state index is -3.58. The summed E-state index contributed by atoms with van der Waals surface area (Å²) in [5, 5.41) is 0.725. The van der Waals surface area contributed by atoms with Gasteiger partial charge in [0.1, 0.15) is 6.54 Å². The van der Waals surface area contributed by atoms with E-state index in [2.05, 4.69) is 4.99 Å². The van der Waals surface area contributed by atoms with Crippen LogP contribution in [0.5, 0.6) is 0 Å². The highest BCUT2D eigenvalue weighted by atomic mass is 35.5. The minimum Gasteiger partial charge on any atom is -0.465 e. The number of amides is 1. The van der Waals surface area contributed by atoms with Crippen LogP contribution in [0.2, 0.25) is 10.0 Å². The van der Waals surface area contributed by atoms with Crippen LogP contribution >= 0.6 is 34.5 Å². The van der Waals surface area contributed by atoms with E-state index in [0.29, 0.717) is 33.4 Å². The van der Waals surface area contributed by atoms with Crippen LogP contribution in [0.25, 0.3) is 10.2 Å². The number of carbonyl (C=O) groups is 2. The zero-order chi connectivity index (χ0) is 24.5. The van der Waals surface area contributed by atoms with Crippen molar-refractivity contribution in [2.75, 3.05) is 19.7 Å². The van der Waals surface area contributed by atoms with Crippen LogP contribution in [-0.4, -0.2) is 48.9 Å². The largest absolute Gasteiger partial charge is 0.465 e. The first kappa shape index (κ1) is 24.9. The van der Waals surface area contributed by atoms with Gasteiger partial charge in [-0.15, -0.1) is 0 Å². The van der Waals surface area contributed by atoms with Crippen molar-refractivity contribution in [3.63, 3.8) is 0 Å². The maximum Gasteiger partial charge on any atom is 0.326 e. The molecule has 3 aromatic rings. The third-order valence-electron chi connectivity index (χ3n) is 5.29. The third-order valence-corrected chi connectivity index (χ3v) is 8.73. The topological polar surface area (TPSA) is 98.0 Å². The van der Waals surface area contributed by atoms with Gasteiger partial charge in [0.25, 0.3) is 5.91 Å². The molecule has 8 nitrogen and oxygen atoms in total. The Morgan fingerprint density at radius 3 is 2.44 bits per heavy atom. The molecule has 0 radical (unpaired) electrons. The third kappa shape index (κ3) is 5.06. The molecule has 0 aliphatic carbocycles. The summed E-state index contributed by atoms with van der Waals surface area (Å²) in [5.41, 5.74) is 0.729. The molecule has 0 bridgehead atoms. The zero-order valence-electron chi connectivity index (χ0n) is 18.2. The Balaban J connectivity index is 1.71. The Hall–Kier alpha value is -2.24. The van der Waals surface area contributed by atoms with E-state index in [9.17, 15) is 18.0 Å². The van der Waals surface area contributed by atoms with Crippen molar-refractivity contribution in [3.8, 4) is 0 Å². The molecule has 1 saturated heterocycles. The van der Waals surface area contributed by atoms with Crippen molar-refractivity contribution in [2.45, 2.75) is 31.2 Å². The number of carbonyl (C=O) groups excluding carboxylic acids is 2. The average molecular weight is 542 g/mol. The second kappa shape index (κ2) is 10.2. The molecule has 2 heterocycles. The molecule has 1 aliphatic heterocycles. The zero-order valence-corrected chi connectivity index (χ0v) is 21.3. The molecule has 0 atom stereocenters. The van der Waals surface area contributed by atoms with Gasteiger partial charge in [-0.2, -0.15) is 9.30 Å². The highest BCUT2D eigenvalue weighted by Crippen LogP contribution is 2.30. The fourth-order valence-electron chi connectivity index (χ4n) is 3.70. The molecular weight excluding hydrogens is 521 g/mol. The van der Waals surface area contributed by atoms with Gasteiger partial charge in [-0.3, -0.25) is 9.59 Å². The highest BCUT2D eigenvalue weighted by molar-refractivity contribution is 7.89. The minimum absolute atomic E-state index is 0.131. The summed E-state index contributed by atoms with van der Waals surface area (Å²) in [6, 6.07) is 8.90. The molecule has 1 aromatic heterocycles. The van der Waals surface area contributed by atoms with E-state index in [0.717, 1.165) is 24.2 Å². The van der Waals surface area contributed by atoms with Gasteiger partial charge >= 0.3 is 5.97 Å². The van der Waals surface area contributed by atoms with Gasteiger partial charge in [-0.05, 0) is 56.2 Å². The number of hydrogen-bond acceptors (Lipinski definition) is 6. The van der Waals surface area contributed by atoms with E-state index in [-0.39, 0.29) is 28.4 Å². The molecule has 180 valence electrons. The number of nitrogens with zero attached hydrogens (tertiary/aromatic N) is 3. The maximum absolute atomic E-state index is 12.9. The number of ether oxygens (including phenoxy) is 1. The van der Waals surface area contributed by atoms with Crippen molar-refractivity contribution in [1.29, 1.82) is 0 Å². The molecule has 0 N–H and O–H groups in total. The van der Waals surface area contributed by atoms with Gasteiger partial charge in [0.05, 0.1) is 26.7 Å². The molecule has 4 rings (SSSR count). The normalized spacial score (nSPS) is 15.2. The molecule has 1 amide bonds. The van der Waals surface area contributed by atoms with Crippen LogP contribution in [0.15, 0.2) is 46.3 Å². The van der Waals surface area contributed by atoms with Gasteiger partial charge in [0, 0.05) is 23.7 Å². The van der Waals surface area contributed by atoms with E-state index >= 15 is 0 Å². The van der Waals surface area contributed by atoms with Crippen LogP contribution < -0.4 is 4.80 Å². The number of benzene rings is 2. The van der Waals surface area contributed by atoms with Gasteiger partial charge in [-0.1, -0.05) is 34.5 Å². The predicted molar refractivity (Wildman–Crippen MR) is 131 cm³/mol. The fraction of sp³-hybridized carbons (Fsp3) is 0.318. The van der Waals surface area contributed by atoms with Crippen LogP contribution in [-0.2, 0) is 26.1 Å². The number of sulfonamides is 1. The first-order chi connectivity index (χ1) is 16.2. The van der Waals surface area contributed by atoms with Crippen LogP contribution in [0.4, 0.5) is 0 Å². The molecule has 0 unspecified atom stereocenters. The summed E-state index contributed by atoms with van der Waals surface area (Å²) in [5.74, 6) is -1.09. The number of rotatable bonds is 6. The summed E-state index contributed by atoms with van der Waals surface area (Å²) < 4.78 is 34.1. The summed E-state index contributed by atoms with van der Waals surface area (Å²) in [6.45, 7) is 2.71. The van der Waals surface area contributed by atoms with Crippen molar-refractivity contribution < 1.29 is 22.7 Å². The number of esters is 1. The van der Waals surface area contributed by atoms with E-state index in [1.165, 1.54) is 33.1 Å². The lowest BCUT2D eigenvalue weighted by molar-refractivity contribution is -0.143. The number of halogens is 2. The molecular formula is C22H21Cl2N3O5S2. The lowest BCUT2D eigenvalue weighted by Crippen LogP contribution is -2.27. The highest BCUT2D eigenvalue weighted by Gasteiger charge is 2.27. The van der Waals surface area contributed by atoms with Crippen LogP contribution in [0, 0.1) is 0 Å². The molecule has 2 aromatic carbocycles. The molecule has 0 spiro atoms. The summed E-state index contributed by atoms with van der Waals surface area (Å²) in [4.78, 5) is 29.7. The maximum atomic E-state index is 12.9. The van der Waals surface area contributed by atoms with E-state index in [4.69, 9.17) is 27.9 Å². The Kier molecular flexibility index (Phi) is 7.44. The molecule has 34 heavy (non-hydrogen) atoms. The Labute approximate surface area is 210 Å². The monoisotopic (exact) mass is 541 g/mol. The fourth-order valence-corrected chi connectivity index (χ4v) is 7.02. The van der Waals surface area contributed by atoms with E-state index < -0.39 is 21.9 Å². The Bertz CT molecular complexity index is 1420. The van der Waals surface area contributed by atoms with Crippen molar-refractivity contribution in [2.24, 2.45) is 4.99 Å². The Morgan fingerprint density at radius 2 is 1.79 bits per heavy atom. The second-order valence-corrected chi connectivity index (χ2v) is 11.4. The second-order valence-electron chi connectivity index (χ2n) is 7.56. The first-order valence-electron chi connectivity index (χ1n) is 10.5.